The highest BCUT2D eigenvalue weighted by Crippen LogP contribution is 2.33. The summed E-state index contributed by atoms with van der Waals surface area (Å²) < 4.78 is 5.43. The number of amides is 3. The van der Waals surface area contributed by atoms with Crippen LogP contribution in [0.1, 0.15) is 6.92 Å². The molecule has 0 spiro atoms. The van der Waals surface area contributed by atoms with Gasteiger partial charge in [-0.25, -0.2) is 4.79 Å². The van der Waals surface area contributed by atoms with Gasteiger partial charge >= 0.3 is 6.03 Å². The third-order valence-electron chi connectivity index (χ3n) is 2.54. The van der Waals surface area contributed by atoms with Crippen LogP contribution in [-0.4, -0.2) is 24.1 Å². The van der Waals surface area contributed by atoms with Crippen molar-refractivity contribution in [3.8, 4) is 5.75 Å². The van der Waals surface area contributed by atoms with Gasteiger partial charge in [0, 0.05) is 0 Å². The second-order valence-corrected chi connectivity index (χ2v) is 4.89. The molecule has 1 aromatic rings. The minimum Gasteiger partial charge on any atom is -0.487 e. The van der Waals surface area contributed by atoms with Gasteiger partial charge in [0.15, 0.2) is 11.3 Å². The average molecular weight is 289 g/mol. The lowest BCUT2D eigenvalue weighted by Gasteiger charge is -2.21. The Kier molecular flexibility index (Phi) is 3.36. The van der Waals surface area contributed by atoms with Crippen molar-refractivity contribution in [1.82, 2.24) is 10.6 Å². The molecule has 1 atom stereocenters. The van der Waals surface area contributed by atoms with E-state index in [1.165, 1.54) is 0 Å². The SMILES string of the molecule is CC1(COc2c(Cl)cccc2Cl)NC(=O)NC1=O. The number of halogens is 2. The van der Waals surface area contributed by atoms with Crippen LogP contribution in [-0.2, 0) is 4.79 Å². The summed E-state index contributed by atoms with van der Waals surface area (Å²) in [5.41, 5.74) is -1.13. The molecule has 2 rings (SSSR count). The molecule has 1 unspecified atom stereocenters. The number of urea groups is 1. The van der Waals surface area contributed by atoms with E-state index in [4.69, 9.17) is 27.9 Å². The molecule has 1 aromatic carbocycles. The fraction of sp³-hybridized carbons (Fsp3) is 0.273. The van der Waals surface area contributed by atoms with Crippen molar-refractivity contribution < 1.29 is 14.3 Å². The predicted octanol–water partition coefficient (Wildman–Crippen LogP) is 1.97. The van der Waals surface area contributed by atoms with E-state index in [2.05, 4.69) is 10.6 Å². The monoisotopic (exact) mass is 288 g/mol. The standard InChI is InChI=1S/C11H10Cl2N2O3/c1-11(9(16)14-10(17)15-11)5-18-8-6(12)3-2-4-7(8)13/h2-4H,5H2,1H3,(H2,14,15,16,17). The molecule has 1 aliphatic rings. The van der Waals surface area contributed by atoms with Crippen molar-refractivity contribution in [1.29, 1.82) is 0 Å². The van der Waals surface area contributed by atoms with Crippen molar-refractivity contribution in [2.75, 3.05) is 6.61 Å². The van der Waals surface area contributed by atoms with Gasteiger partial charge in [0.05, 0.1) is 10.0 Å². The maximum Gasteiger partial charge on any atom is 0.322 e. The lowest BCUT2D eigenvalue weighted by Crippen LogP contribution is -2.48. The first-order valence-electron chi connectivity index (χ1n) is 5.13. The Morgan fingerprint density at radius 3 is 2.39 bits per heavy atom. The van der Waals surface area contributed by atoms with Crippen LogP contribution in [0.5, 0.6) is 5.75 Å². The lowest BCUT2D eigenvalue weighted by molar-refractivity contribution is -0.124. The van der Waals surface area contributed by atoms with Gasteiger partial charge in [-0.1, -0.05) is 29.3 Å². The Labute approximate surface area is 113 Å². The molecule has 0 saturated carbocycles. The van der Waals surface area contributed by atoms with Crippen molar-refractivity contribution in [3.63, 3.8) is 0 Å². The molecule has 0 radical (unpaired) electrons. The van der Waals surface area contributed by atoms with Crippen LogP contribution in [0.25, 0.3) is 0 Å². The molecule has 96 valence electrons. The molecule has 3 amide bonds. The fourth-order valence-corrected chi connectivity index (χ4v) is 2.02. The largest absolute Gasteiger partial charge is 0.487 e. The Bertz CT molecular complexity index is 501. The maximum atomic E-state index is 11.6. The van der Waals surface area contributed by atoms with Crippen LogP contribution in [0.4, 0.5) is 4.79 Å². The molecule has 0 aliphatic carbocycles. The van der Waals surface area contributed by atoms with Crippen LogP contribution in [0, 0.1) is 0 Å². The van der Waals surface area contributed by atoms with Gasteiger partial charge in [0.2, 0.25) is 0 Å². The molecule has 18 heavy (non-hydrogen) atoms. The molecule has 2 N–H and O–H groups in total. The Balaban J connectivity index is 2.13. The van der Waals surface area contributed by atoms with Crippen molar-refractivity contribution in [2.45, 2.75) is 12.5 Å². The van der Waals surface area contributed by atoms with Crippen LogP contribution in [0.3, 0.4) is 0 Å². The summed E-state index contributed by atoms with van der Waals surface area (Å²) in [7, 11) is 0. The first-order valence-corrected chi connectivity index (χ1v) is 5.88. The molecule has 0 aromatic heterocycles. The smallest absolute Gasteiger partial charge is 0.322 e. The zero-order chi connectivity index (χ0) is 13.3. The van der Waals surface area contributed by atoms with Gasteiger partial charge in [-0.15, -0.1) is 0 Å². The number of hydrogen-bond acceptors (Lipinski definition) is 3. The molecule has 0 bridgehead atoms. The minimum atomic E-state index is -1.13. The number of para-hydroxylation sites is 1. The number of benzene rings is 1. The Hall–Kier alpha value is -1.46. The second kappa shape index (κ2) is 4.66. The van der Waals surface area contributed by atoms with E-state index in [-0.39, 0.29) is 12.4 Å². The first kappa shape index (κ1) is 13.0. The normalized spacial score (nSPS) is 22.6. The number of imide groups is 1. The molecule has 5 nitrogen and oxygen atoms in total. The summed E-state index contributed by atoms with van der Waals surface area (Å²) in [5, 5.41) is 5.30. The average Bonchev–Trinajstić information content (AvgIpc) is 2.52. The highest BCUT2D eigenvalue weighted by Gasteiger charge is 2.42. The zero-order valence-electron chi connectivity index (χ0n) is 9.42. The molecular formula is C11H10Cl2N2O3. The van der Waals surface area contributed by atoms with E-state index in [1.54, 1.807) is 25.1 Å². The Morgan fingerprint density at radius 2 is 1.89 bits per heavy atom. The fourth-order valence-electron chi connectivity index (χ4n) is 1.52. The molecule has 1 heterocycles. The van der Waals surface area contributed by atoms with Crippen LogP contribution in [0.15, 0.2) is 18.2 Å². The number of nitrogens with one attached hydrogen (secondary N) is 2. The first-order chi connectivity index (χ1) is 8.42. The van der Waals surface area contributed by atoms with E-state index in [0.717, 1.165) is 0 Å². The highest BCUT2D eigenvalue weighted by atomic mass is 35.5. The highest BCUT2D eigenvalue weighted by molar-refractivity contribution is 6.37. The summed E-state index contributed by atoms with van der Waals surface area (Å²) in [5.74, 6) is -0.160. The second-order valence-electron chi connectivity index (χ2n) is 4.08. The topological polar surface area (TPSA) is 67.4 Å². The summed E-state index contributed by atoms with van der Waals surface area (Å²) in [6.45, 7) is 1.49. The summed E-state index contributed by atoms with van der Waals surface area (Å²) in [4.78, 5) is 22.6. The van der Waals surface area contributed by atoms with Gasteiger partial charge in [0.25, 0.3) is 5.91 Å². The number of carbonyl (C=O) groups excluding carboxylic acids is 2. The summed E-state index contributed by atoms with van der Waals surface area (Å²) >= 11 is 11.9. The van der Waals surface area contributed by atoms with Crippen molar-refractivity contribution in [3.05, 3.63) is 28.2 Å². The number of rotatable bonds is 3. The van der Waals surface area contributed by atoms with Crippen LogP contribution < -0.4 is 15.4 Å². The zero-order valence-corrected chi connectivity index (χ0v) is 10.9. The van der Waals surface area contributed by atoms with E-state index in [0.29, 0.717) is 10.0 Å². The van der Waals surface area contributed by atoms with E-state index < -0.39 is 17.5 Å². The van der Waals surface area contributed by atoms with Crippen molar-refractivity contribution in [2.24, 2.45) is 0 Å². The number of carbonyl (C=O) groups is 2. The predicted molar refractivity (Wildman–Crippen MR) is 67.0 cm³/mol. The minimum absolute atomic E-state index is 0.0615. The van der Waals surface area contributed by atoms with E-state index in [9.17, 15) is 9.59 Å². The maximum absolute atomic E-state index is 11.6. The van der Waals surface area contributed by atoms with E-state index in [1.807, 2.05) is 0 Å². The van der Waals surface area contributed by atoms with Gasteiger partial charge in [-0.3, -0.25) is 10.1 Å². The van der Waals surface area contributed by atoms with Crippen LogP contribution >= 0.6 is 23.2 Å². The lowest BCUT2D eigenvalue weighted by atomic mass is 10.1. The summed E-state index contributed by atoms with van der Waals surface area (Å²) in [6.07, 6.45) is 0. The molecule has 7 heteroatoms. The van der Waals surface area contributed by atoms with Crippen molar-refractivity contribution >= 4 is 35.1 Å². The number of hydrogen-bond donors (Lipinski definition) is 2. The van der Waals surface area contributed by atoms with Gasteiger partial charge in [-0.2, -0.15) is 0 Å². The molecular weight excluding hydrogens is 279 g/mol. The van der Waals surface area contributed by atoms with Crippen LogP contribution in [0.2, 0.25) is 10.0 Å². The van der Waals surface area contributed by atoms with Gasteiger partial charge in [0.1, 0.15) is 6.61 Å². The molecule has 1 saturated heterocycles. The molecule has 1 fully saturated rings. The Morgan fingerprint density at radius 1 is 1.28 bits per heavy atom. The quantitative estimate of drug-likeness (QED) is 0.836. The molecule has 1 aliphatic heterocycles. The summed E-state index contributed by atoms with van der Waals surface area (Å²) in [6, 6.07) is 4.39. The van der Waals surface area contributed by atoms with E-state index >= 15 is 0 Å². The third-order valence-corrected chi connectivity index (χ3v) is 3.14. The third kappa shape index (κ3) is 2.37. The van der Waals surface area contributed by atoms with Gasteiger partial charge < -0.3 is 10.1 Å². The van der Waals surface area contributed by atoms with Gasteiger partial charge in [-0.05, 0) is 19.1 Å². The number of ether oxygens (including phenoxy) is 1.